The predicted molar refractivity (Wildman–Crippen MR) is 133 cm³/mol. The number of nitrogens with one attached hydrogen (secondary N) is 1. The van der Waals surface area contributed by atoms with Gasteiger partial charge in [-0.1, -0.05) is 24.3 Å². The SMILES string of the molecule is COc1ccc(N=C(Nc2ccc(OC)cc2OC)c2ccccc2CN(C)C)c(OC)c1. The van der Waals surface area contributed by atoms with Gasteiger partial charge in [-0.25, -0.2) is 4.99 Å². The number of methoxy groups -OCH3 is 4. The van der Waals surface area contributed by atoms with Gasteiger partial charge in [0.05, 0.1) is 34.1 Å². The van der Waals surface area contributed by atoms with Gasteiger partial charge in [-0.05, 0) is 43.9 Å². The first-order valence-electron chi connectivity index (χ1n) is 10.5. The van der Waals surface area contributed by atoms with Crippen LogP contribution in [-0.4, -0.2) is 53.3 Å². The molecule has 0 aliphatic heterocycles. The van der Waals surface area contributed by atoms with Crippen molar-refractivity contribution >= 4 is 17.2 Å². The van der Waals surface area contributed by atoms with Gasteiger partial charge in [-0.15, -0.1) is 0 Å². The Bertz CT molecular complexity index is 1110. The van der Waals surface area contributed by atoms with Gasteiger partial charge in [-0.3, -0.25) is 0 Å². The van der Waals surface area contributed by atoms with Gasteiger partial charge in [0, 0.05) is 24.2 Å². The van der Waals surface area contributed by atoms with Crippen molar-refractivity contribution in [1.29, 1.82) is 0 Å². The summed E-state index contributed by atoms with van der Waals surface area (Å²) in [4.78, 5) is 7.10. The van der Waals surface area contributed by atoms with Crippen LogP contribution in [0.1, 0.15) is 11.1 Å². The Kier molecular flexibility index (Phi) is 8.16. The molecule has 0 aliphatic rings. The van der Waals surface area contributed by atoms with Crippen molar-refractivity contribution in [2.75, 3.05) is 47.9 Å². The fourth-order valence-electron chi connectivity index (χ4n) is 3.41. The van der Waals surface area contributed by atoms with E-state index in [0.29, 0.717) is 34.5 Å². The van der Waals surface area contributed by atoms with Gasteiger partial charge >= 0.3 is 0 Å². The van der Waals surface area contributed by atoms with Crippen molar-refractivity contribution in [2.45, 2.75) is 6.54 Å². The molecule has 1 N–H and O–H groups in total. The Morgan fingerprint density at radius 3 is 2.06 bits per heavy atom. The lowest BCUT2D eigenvalue weighted by molar-refractivity contribution is 0.395. The zero-order valence-corrected chi connectivity index (χ0v) is 20.0. The number of aliphatic imine (C=N–C) groups is 1. The van der Waals surface area contributed by atoms with Gasteiger partial charge in [0.15, 0.2) is 0 Å². The summed E-state index contributed by atoms with van der Waals surface area (Å²) in [7, 11) is 10.6. The lowest BCUT2D eigenvalue weighted by Gasteiger charge is -2.19. The third kappa shape index (κ3) is 5.96. The minimum absolute atomic E-state index is 0.612. The molecule has 0 saturated heterocycles. The van der Waals surface area contributed by atoms with Gasteiger partial charge in [0.2, 0.25) is 0 Å². The average Bonchev–Trinajstić information content (AvgIpc) is 2.84. The standard InChI is InChI=1S/C26H31N3O4/c1-29(2)17-18-9-7-8-10-21(18)26(27-22-13-11-19(30-3)15-24(22)32-5)28-23-14-12-20(31-4)16-25(23)33-6/h7-16H,17H2,1-6H3,(H,27,28). The van der Waals surface area contributed by atoms with E-state index in [2.05, 4.69) is 22.3 Å². The summed E-state index contributed by atoms with van der Waals surface area (Å²) in [6.45, 7) is 0.760. The fourth-order valence-corrected chi connectivity index (χ4v) is 3.41. The molecule has 0 atom stereocenters. The second-order valence-corrected chi connectivity index (χ2v) is 7.58. The maximum absolute atomic E-state index is 5.60. The molecule has 0 saturated carbocycles. The van der Waals surface area contributed by atoms with Gasteiger partial charge in [-0.2, -0.15) is 0 Å². The average molecular weight is 450 g/mol. The number of hydrogen-bond donors (Lipinski definition) is 1. The molecule has 0 bridgehead atoms. The molecule has 0 spiro atoms. The van der Waals surface area contributed by atoms with Gasteiger partial charge in [0.1, 0.15) is 34.5 Å². The molecule has 0 unspecified atom stereocenters. The molecule has 0 fully saturated rings. The highest BCUT2D eigenvalue weighted by Gasteiger charge is 2.15. The number of hydrogen-bond acceptors (Lipinski definition) is 6. The molecule has 0 amide bonds. The minimum Gasteiger partial charge on any atom is -0.497 e. The van der Waals surface area contributed by atoms with E-state index in [1.54, 1.807) is 28.4 Å². The molecule has 33 heavy (non-hydrogen) atoms. The molecular weight excluding hydrogens is 418 g/mol. The molecular formula is C26H31N3O4. The number of nitrogens with zero attached hydrogens (tertiary/aromatic N) is 2. The van der Waals surface area contributed by atoms with E-state index in [1.165, 1.54) is 0 Å². The Morgan fingerprint density at radius 2 is 1.42 bits per heavy atom. The topological polar surface area (TPSA) is 64.5 Å². The largest absolute Gasteiger partial charge is 0.497 e. The summed E-state index contributed by atoms with van der Waals surface area (Å²) in [5.41, 5.74) is 3.55. The lowest BCUT2D eigenvalue weighted by atomic mass is 10.1. The molecule has 3 rings (SSSR count). The van der Waals surface area contributed by atoms with Crippen LogP contribution in [0.3, 0.4) is 0 Å². The Labute approximate surface area is 195 Å². The summed E-state index contributed by atoms with van der Waals surface area (Å²) in [6, 6.07) is 19.4. The highest BCUT2D eigenvalue weighted by atomic mass is 16.5. The van der Waals surface area contributed by atoms with E-state index in [1.807, 2.05) is 62.6 Å². The van der Waals surface area contributed by atoms with Crippen molar-refractivity contribution in [3.8, 4) is 23.0 Å². The van der Waals surface area contributed by atoms with Crippen LogP contribution in [0.25, 0.3) is 0 Å². The van der Waals surface area contributed by atoms with Crippen molar-refractivity contribution in [2.24, 2.45) is 4.99 Å². The Morgan fingerprint density at radius 1 is 0.788 bits per heavy atom. The second kappa shape index (κ2) is 11.2. The summed E-state index contributed by atoms with van der Waals surface area (Å²) in [5.74, 6) is 3.33. The van der Waals surface area contributed by atoms with E-state index in [-0.39, 0.29) is 0 Å². The van der Waals surface area contributed by atoms with Gasteiger partial charge in [0.25, 0.3) is 0 Å². The maximum Gasteiger partial charge on any atom is 0.148 e. The first-order valence-corrected chi connectivity index (χ1v) is 10.5. The lowest BCUT2D eigenvalue weighted by Crippen LogP contribution is -2.19. The maximum atomic E-state index is 5.60. The van der Waals surface area contributed by atoms with Crippen LogP contribution < -0.4 is 24.3 Å². The molecule has 7 nitrogen and oxygen atoms in total. The number of ether oxygens (including phenoxy) is 4. The minimum atomic E-state index is 0.612. The van der Waals surface area contributed by atoms with Crippen LogP contribution in [0, 0.1) is 0 Å². The van der Waals surface area contributed by atoms with Crippen LogP contribution in [0.15, 0.2) is 65.7 Å². The molecule has 0 radical (unpaired) electrons. The van der Waals surface area contributed by atoms with Crippen molar-refractivity contribution in [3.63, 3.8) is 0 Å². The molecule has 7 heteroatoms. The van der Waals surface area contributed by atoms with E-state index < -0.39 is 0 Å². The van der Waals surface area contributed by atoms with E-state index in [9.17, 15) is 0 Å². The quantitative estimate of drug-likeness (QED) is 0.367. The Hall–Kier alpha value is -3.71. The summed E-state index contributed by atoms with van der Waals surface area (Å²) in [5, 5.41) is 3.47. The van der Waals surface area contributed by atoms with Crippen molar-refractivity contribution < 1.29 is 18.9 Å². The molecule has 3 aromatic carbocycles. The highest BCUT2D eigenvalue weighted by Crippen LogP contribution is 2.34. The fraction of sp³-hybridized carbons (Fsp3) is 0.269. The number of benzene rings is 3. The summed E-state index contributed by atoms with van der Waals surface area (Å²) >= 11 is 0. The molecule has 0 aliphatic carbocycles. The number of amidine groups is 1. The Balaban J connectivity index is 2.16. The third-order valence-corrected chi connectivity index (χ3v) is 5.04. The van der Waals surface area contributed by atoms with E-state index >= 15 is 0 Å². The molecule has 3 aromatic rings. The van der Waals surface area contributed by atoms with Crippen molar-refractivity contribution in [1.82, 2.24) is 4.90 Å². The zero-order chi connectivity index (χ0) is 23.8. The van der Waals surface area contributed by atoms with Crippen LogP contribution in [0.4, 0.5) is 11.4 Å². The van der Waals surface area contributed by atoms with Crippen LogP contribution >= 0.6 is 0 Å². The van der Waals surface area contributed by atoms with Crippen molar-refractivity contribution in [3.05, 3.63) is 71.8 Å². The molecule has 0 aromatic heterocycles. The van der Waals surface area contributed by atoms with E-state index in [0.717, 1.165) is 23.4 Å². The van der Waals surface area contributed by atoms with Crippen LogP contribution in [-0.2, 0) is 6.54 Å². The zero-order valence-electron chi connectivity index (χ0n) is 20.0. The highest BCUT2D eigenvalue weighted by molar-refractivity contribution is 6.11. The third-order valence-electron chi connectivity index (χ3n) is 5.04. The summed E-state index contributed by atoms with van der Waals surface area (Å²) in [6.07, 6.45) is 0. The molecule has 0 heterocycles. The normalized spacial score (nSPS) is 11.3. The molecule has 174 valence electrons. The van der Waals surface area contributed by atoms with E-state index in [4.69, 9.17) is 23.9 Å². The smallest absolute Gasteiger partial charge is 0.148 e. The predicted octanol–water partition coefficient (Wildman–Crippen LogP) is 4.97. The first-order chi connectivity index (χ1) is 16.0. The van der Waals surface area contributed by atoms with Gasteiger partial charge < -0.3 is 29.2 Å². The second-order valence-electron chi connectivity index (χ2n) is 7.58. The number of anilines is 1. The monoisotopic (exact) mass is 449 g/mol. The van der Waals surface area contributed by atoms with Crippen LogP contribution in [0.2, 0.25) is 0 Å². The summed E-state index contributed by atoms with van der Waals surface area (Å²) < 4.78 is 21.9. The van der Waals surface area contributed by atoms with Crippen LogP contribution in [0.5, 0.6) is 23.0 Å². The number of rotatable bonds is 9. The first kappa shape index (κ1) is 23.9.